The lowest BCUT2D eigenvalue weighted by molar-refractivity contribution is -0.138. The van der Waals surface area contributed by atoms with E-state index in [-0.39, 0.29) is 24.3 Å². The van der Waals surface area contributed by atoms with Crippen molar-refractivity contribution >= 4 is 11.8 Å². The molecular formula is C18H21NO4. The summed E-state index contributed by atoms with van der Waals surface area (Å²) in [6, 6.07) is 1.88. The normalized spacial score (nSPS) is 22.7. The Morgan fingerprint density at radius 3 is 2.65 bits per heavy atom. The third kappa shape index (κ3) is 2.14. The molecule has 23 heavy (non-hydrogen) atoms. The van der Waals surface area contributed by atoms with Crippen LogP contribution >= 0.6 is 0 Å². The number of methoxy groups -OCH3 is 2. The Hall–Kier alpha value is -2.30. The summed E-state index contributed by atoms with van der Waals surface area (Å²) in [5, 5.41) is 0. The fourth-order valence-corrected chi connectivity index (χ4v) is 3.92. The van der Waals surface area contributed by atoms with Crippen LogP contribution in [0.1, 0.15) is 29.0 Å². The lowest BCUT2D eigenvalue weighted by Crippen LogP contribution is -2.30. The van der Waals surface area contributed by atoms with E-state index >= 15 is 0 Å². The number of rotatable bonds is 4. The Morgan fingerprint density at radius 2 is 2.04 bits per heavy atom. The molecular weight excluding hydrogens is 294 g/mol. The molecule has 0 radical (unpaired) electrons. The van der Waals surface area contributed by atoms with Gasteiger partial charge in [-0.3, -0.25) is 14.5 Å². The number of hydrogen-bond acceptors (Lipinski definition) is 4. The van der Waals surface area contributed by atoms with E-state index < -0.39 is 5.92 Å². The second kappa shape index (κ2) is 5.72. The minimum Gasteiger partial charge on any atom is -0.493 e. The smallest absolute Gasteiger partial charge is 0.237 e. The number of carbonyl (C=O) groups excluding carboxylic acids is 2. The molecule has 2 unspecified atom stereocenters. The molecule has 1 aromatic rings. The van der Waals surface area contributed by atoms with Crippen LogP contribution in [0, 0.1) is 12.8 Å². The first-order chi connectivity index (χ1) is 11.0. The molecule has 3 rings (SSSR count). The van der Waals surface area contributed by atoms with Gasteiger partial charge in [0.05, 0.1) is 26.1 Å². The molecule has 1 aliphatic carbocycles. The van der Waals surface area contributed by atoms with Crippen LogP contribution in [0.4, 0.5) is 0 Å². The van der Waals surface area contributed by atoms with E-state index in [9.17, 15) is 9.59 Å². The lowest BCUT2D eigenvalue weighted by Gasteiger charge is -2.29. The average molecular weight is 315 g/mol. The molecule has 0 aromatic heterocycles. The number of aryl methyl sites for hydroxylation is 1. The van der Waals surface area contributed by atoms with Crippen molar-refractivity contribution in [1.82, 2.24) is 4.90 Å². The molecule has 1 saturated heterocycles. The molecule has 5 nitrogen and oxygen atoms in total. The van der Waals surface area contributed by atoms with Crippen LogP contribution in [0.2, 0.25) is 0 Å². The van der Waals surface area contributed by atoms with E-state index in [1.54, 1.807) is 20.3 Å². The predicted molar refractivity (Wildman–Crippen MR) is 85.8 cm³/mol. The van der Waals surface area contributed by atoms with E-state index in [0.29, 0.717) is 24.3 Å². The van der Waals surface area contributed by atoms with Gasteiger partial charge >= 0.3 is 0 Å². The third-order valence-corrected chi connectivity index (χ3v) is 4.87. The van der Waals surface area contributed by atoms with Crippen LogP contribution in [0.5, 0.6) is 11.5 Å². The summed E-state index contributed by atoms with van der Waals surface area (Å²) < 4.78 is 10.9. The van der Waals surface area contributed by atoms with E-state index in [2.05, 4.69) is 6.58 Å². The van der Waals surface area contributed by atoms with Crippen molar-refractivity contribution in [3.63, 3.8) is 0 Å². The van der Waals surface area contributed by atoms with Crippen LogP contribution in [-0.2, 0) is 16.0 Å². The molecule has 2 amide bonds. The summed E-state index contributed by atoms with van der Waals surface area (Å²) in [4.78, 5) is 26.7. The Balaban J connectivity index is 2.16. The summed E-state index contributed by atoms with van der Waals surface area (Å²) in [7, 11) is 3.20. The summed E-state index contributed by atoms with van der Waals surface area (Å²) in [5.41, 5.74) is 2.89. The monoisotopic (exact) mass is 315 g/mol. The maximum Gasteiger partial charge on any atom is 0.237 e. The van der Waals surface area contributed by atoms with Crippen molar-refractivity contribution in [2.24, 2.45) is 5.92 Å². The average Bonchev–Trinajstić information content (AvgIpc) is 2.79. The number of benzene rings is 1. The van der Waals surface area contributed by atoms with Gasteiger partial charge in [0.25, 0.3) is 0 Å². The van der Waals surface area contributed by atoms with Gasteiger partial charge in [0, 0.05) is 12.1 Å². The molecule has 1 fully saturated rings. The fraction of sp³-hybridized carbons (Fsp3) is 0.444. The number of fused-ring (bicyclic) bond motifs is 3. The summed E-state index contributed by atoms with van der Waals surface area (Å²) in [5.74, 6) is 0.449. The van der Waals surface area contributed by atoms with Gasteiger partial charge in [-0.1, -0.05) is 6.08 Å². The van der Waals surface area contributed by atoms with Crippen LogP contribution < -0.4 is 9.47 Å². The number of ether oxygens (including phenoxy) is 2. The van der Waals surface area contributed by atoms with Crippen molar-refractivity contribution in [2.45, 2.75) is 25.7 Å². The van der Waals surface area contributed by atoms with Crippen LogP contribution in [-0.4, -0.2) is 37.5 Å². The molecule has 122 valence electrons. The number of hydrogen-bond donors (Lipinski definition) is 0. The fourth-order valence-electron chi connectivity index (χ4n) is 3.92. The van der Waals surface area contributed by atoms with Crippen LogP contribution in [0.15, 0.2) is 18.7 Å². The second-order valence-corrected chi connectivity index (χ2v) is 6.02. The number of nitrogens with zero attached hydrogens (tertiary/aromatic N) is 1. The minimum atomic E-state index is -0.411. The molecule has 0 saturated carbocycles. The Bertz CT molecular complexity index is 695. The molecule has 5 heteroatoms. The standard InChI is InChI=1S/C18H21NO4/c1-5-8-19-17(20)12-7-6-11-14(15(12)18(19)21)10(2)9-13(22-3)16(11)23-4/h5,9,12,15H,1,6-8H2,2-4H3. The molecule has 2 atom stereocenters. The SMILES string of the molecule is C=CCN1C(=O)C2CCc3c(OC)c(OC)cc(C)c3C2C1=O. The van der Waals surface area contributed by atoms with Crippen molar-refractivity contribution in [2.75, 3.05) is 20.8 Å². The lowest BCUT2D eigenvalue weighted by atomic mass is 9.74. The van der Waals surface area contributed by atoms with Gasteiger partial charge in [-0.05, 0) is 37.0 Å². The third-order valence-electron chi connectivity index (χ3n) is 4.87. The Kier molecular flexibility index (Phi) is 3.88. The maximum absolute atomic E-state index is 12.8. The first kappa shape index (κ1) is 15.6. The van der Waals surface area contributed by atoms with E-state index in [0.717, 1.165) is 16.7 Å². The quantitative estimate of drug-likeness (QED) is 0.631. The Labute approximate surface area is 135 Å². The first-order valence-electron chi connectivity index (χ1n) is 7.75. The van der Waals surface area contributed by atoms with Gasteiger partial charge in [-0.2, -0.15) is 0 Å². The zero-order valence-electron chi connectivity index (χ0n) is 13.7. The van der Waals surface area contributed by atoms with Gasteiger partial charge in [0.15, 0.2) is 11.5 Å². The molecule has 1 heterocycles. The first-order valence-corrected chi connectivity index (χ1v) is 7.75. The highest BCUT2D eigenvalue weighted by Crippen LogP contribution is 2.49. The van der Waals surface area contributed by atoms with Crippen molar-refractivity contribution in [3.05, 3.63) is 35.4 Å². The van der Waals surface area contributed by atoms with Gasteiger partial charge in [0.1, 0.15) is 0 Å². The van der Waals surface area contributed by atoms with Crippen LogP contribution in [0.3, 0.4) is 0 Å². The van der Waals surface area contributed by atoms with Gasteiger partial charge in [-0.15, -0.1) is 6.58 Å². The van der Waals surface area contributed by atoms with Gasteiger partial charge < -0.3 is 9.47 Å². The molecule has 0 bridgehead atoms. The van der Waals surface area contributed by atoms with Gasteiger partial charge in [-0.25, -0.2) is 0 Å². The van der Waals surface area contributed by atoms with E-state index in [1.165, 1.54) is 4.90 Å². The molecule has 1 aliphatic heterocycles. The molecule has 0 N–H and O–H groups in total. The Morgan fingerprint density at radius 1 is 1.30 bits per heavy atom. The van der Waals surface area contributed by atoms with E-state index in [1.807, 2.05) is 13.0 Å². The molecule has 2 aliphatic rings. The summed E-state index contributed by atoms with van der Waals surface area (Å²) in [6.07, 6.45) is 2.95. The van der Waals surface area contributed by atoms with Gasteiger partial charge in [0.2, 0.25) is 11.8 Å². The number of likely N-dealkylation sites (tertiary alicyclic amines) is 1. The number of amides is 2. The minimum absolute atomic E-state index is 0.0836. The number of imide groups is 1. The topological polar surface area (TPSA) is 55.8 Å². The highest BCUT2D eigenvalue weighted by atomic mass is 16.5. The second-order valence-electron chi connectivity index (χ2n) is 6.02. The summed E-state index contributed by atoms with van der Waals surface area (Å²) >= 11 is 0. The highest BCUT2D eigenvalue weighted by Gasteiger charge is 2.51. The zero-order chi connectivity index (χ0) is 16.7. The van der Waals surface area contributed by atoms with Crippen LogP contribution in [0.25, 0.3) is 0 Å². The summed E-state index contributed by atoms with van der Waals surface area (Å²) in [6.45, 7) is 5.87. The van der Waals surface area contributed by atoms with E-state index in [4.69, 9.17) is 9.47 Å². The largest absolute Gasteiger partial charge is 0.493 e. The van der Waals surface area contributed by atoms with Crippen molar-refractivity contribution < 1.29 is 19.1 Å². The zero-order valence-corrected chi connectivity index (χ0v) is 13.7. The molecule has 0 spiro atoms. The number of carbonyl (C=O) groups is 2. The highest BCUT2D eigenvalue weighted by molar-refractivity contribution is 6.08. The predicted octanol–water partition coefficient (Wildman–Crippen LogP) is 2.21. The van der Waals surface area contributed by atoms with Crippen molar-refractivity contribution in [3.8, 4) is 11.5 Å². The van der Waals surface area contributed by atoms with Crippen molar-refractivity contribution in [1.29, 1.82) is 0 Å². The molecule has 1 aromatic carbocycles. The maximum atomic E-state index is 12.8.